The van der Waals surface area contributed by atoms with Gasteiger partial charge in [-0.3, -0.25) is 4.68 Å². The standard InChI is InChI=1S/C29H33N3O4/c1-35-25-10-5-9-24(17-25)28-26(11-6-16-30)32(31-29(28)23-7-3-2-4-8-23)18-21-12-14-22(15-13-21)19-36-20-27(33)34/h2-5,7-10,17,21-22H,6,11-15,18-20H2,1H3,(H,33,34)/t21-,22+. The Balaban J connectivity index is 1.62. The summed E-state index contributed by atoms with van der Waals surface area (Å²) in [6.45, 7) is 1.07. The molecule has 1 aliphatic rings. The fourth-order valence-electron chi connectivity index (χ4n) is 5.09. The zero-order valence-electron chi connectivity index (χ0n) is 20.7. The minimum Gasteiger partial charge on any atom is -0.497 e. The maximum atomic E-state index is 10.7. The number of carboxylic acid groups (broad SMARTS) is 1. The van der Waals surface area contributed by atoms with Crippen LogP contribution in [0.3, 0.4) is 0 Å². The van der Waals surface area contributed by atoms with Gasteiger partial charge in [-0.1, -0.05) is 42.5 Å². The molecule has 0 amide bonds. The molecule has 1 saturated carbocycles. The van der Waals surface area contributed by atoms with Crippen molar-refractivity contribution in [3.63, 3.8) is 0 Å². The zero-order valence-corrected chi connectivity index (χ0v) is 20.7. The van der Waals surface area contributed by atoms with E-state index in [1.54, 1.807) is 7.11 Å². The summed E-state index contributed by atoms with van der Waals surface area (Å²) in [5.74, 6) is 0.744. The number of carbonyl (C=O) groups is 1. The Labute approximate surface area is 212 Å². The van der Waals surface area contributed by atoms with Gasteiger partial charge in [-0.15, -0.1) is 0 Å². The van der Waals surface area contributed by atoms with Crippen molar-refractivity contribution in [2.45, 2.75) is 45.1 Å². The highest BCUT2D eigenvalue weighted by Gasteiger charge is 2.26. The average Bonchev–Trinajstić information content (AvgIpc) is 3.26. The number of aromatic nitrogens is 2. The second kappa shape index (κ2) is 12.4. The summed E-state index contributed by atoms with van der Waals surface area (Å²) in [5, 5.41) is 23.3. The minimum absolute atomic E-state index is 0.231. The Morgan fingerprint density at radius 1 is 1.08 bits per heavy atom. The third-order valence-electron chi connectivity index (χ3n) is 6.91. The lowest BCUT2D eigenvalue weighted by atomic mass is 9.82. The van der Waals surface area contributed by atoms with Gasteiger partial charge >= 0.3 is 5.97 Å². The van der Waals surface area contributed by atoms with E-state index >= 15 is 0 Å². The van der Waals surface area contributed by atoms with Gasteiger partial charge in [0, 0.05) is 36.2 Å². The third kappa shape index (κ3) is 6.32. The maximum absolute atomic E-state index is 10.7. The second-order valence-electron chi connectivity index (χ2n) is 9.40. The summed E-state index contributed by atoms with van der Waals surface area (Å²) in [7, 11) is 1.67. The van der Waals surface area contributed by atoms with Crippen molar-refractivity contribution < 1.29 is 19.4 Å². The highest BCUT2D eigenvalue weighted by Crippen LogP contribution is 2.38. The summed E-state index contributed by atoms with van der Waals surface area (Å²) >= 11 is 0. The smallest absolute Gasteiger partial charge is 0.329 e. The Hall–Kier alpha value is -3.63. The molecule has 3 aromatic rings. The van der Waals surface area contributed by atoms with Crippen molar-refractivity contribution in [1.29, 1.82) is 5.26 Å². The first kappa shape index (κ1) is 25.5. The fraction of sp³-hybridized carbons (Fsp3) is 0.414. The monoisotopic (exact) mass is 487 g/mol. The number of hydrogen-bond acceptors (Lipinski definition) is 5. The number of aliphatic carboxylic acids is 1. The molecule has 7 heteroatoms. The van der Waals surface area contributed by atoms with E-state index in [0.29, 0.717) is 31.3 Å². The molecule has 0 spiro atoms. The summed E-state index contributed by atoms with van der Waals surface area (Å²) in [5.41, 5.74) is 5.15. The van der Waals surface area contributed by atoms with Crippen LogP contribution in [0.25, 0.3) is 22.4 Å². The number of nitriles is 1. The van der Waals surface area contributed by atoms with E-state index in [-0.39, 0.29) is 6.61 Å². The van der Waals surface area contributed by atoms with Gasteiger partial charge in [0.1, 0.15) is 18.1 Å². The van der Waals surface area contributed by atoms with Crippen LogP contribution in [0, 0.1) is 23.2 Å². The summed E-state index contributed by atoms with van der Waals surface area (Å²) in [6, 6.07) is 20.5. The molecule has 0 radical (unpaired) electrons. The first-order valence-corrected chi connectivity index (χ1v) is 12.5. The van der Waals surface area contributed by atoms with E-state index in [1.165, 1.54) is 0 Å². The zero-order chi connectivity index (χ0) is 25.3. The highest BCUT2D eigenvalue weighted by atomic mass is 16.5. The van der Waals surface area contributed by atoms with Crippen LogP contribution in [0.2, 0.25) is 0 Å². The van der Waals surface area contributed by atoms with E-state index < -0.39 is 5.97 Å². The average molecular weight is 488 g/mol. The van der Waals surface area contributed by atoms with Crippen molar-refractivity contribution in [1.82, 2.24) is 9.78 Å². The molecule has 0 saturated heterocycles. The van der Waals surface area contributed by atoms with E-state index in [2.05, 4.69) is 29.0 Å². The van der Waals surface area contributed by atoms with Gasteiger partial charge < -0.3 is 14.6 Å². The summed E-state index contributed by atoms with van der Waals surface area (Å²) < 4.78 is 13.0. The van der Waals surface area contributed by atoms with Crippen LogP contribution in [0.1, 0.15) is 37.8 Å². The Bertz CT molecular complexity index is 1190. The molecular weight excluding hydrogens is 454 g/mol. The normalized spacial score (nSPS) is 17.4. The number of hydrogen-bond donors (Lipinski definition) is 1. The molecule has 1 aliphatic carbocycles. The molecule has 4 rings (SSSR count). The number of nitrogens with zero attached hydrogens (tertiary/aromatic N) is 3. The predicted molar refractivity (Wildman–Crippen MR) is 137 cm³/mol. The van der Waals surface area contributed by atoms with E-state index in [4.69, 9.17) is 19.7 Å². The first-order chi connectivity index (χ1) is 17.6. The van der Waals surface area contributed by atoms with E-state index in [1.807, 2.05) is 36.4 Å². The van der Waals surface area contributed by atoms with Gasteiger partial charge in [-0.05, 0) is 55.2 Å². The first-order valence-electron chi connectivity index (χ1n) is 12.5. The van der Waals surface area contributed by atoms with Crippen LogP contribution in [0.4, 0.5) is 0 Å². The van der Waals surface area contributed by atoms with Crippen molar-refractivity contribution in [3.05, 3.63) is 60.3 Å². The fourth-order valence-corrected chi connectivity index (χ4v) is 5.09. The number of rotatable bonds is 11. The SMILES string of the molecule is COc1cccc(-c2c(-c3ccccc3)nn(C[C@H]3CC[C@@H](COCC(=O)O)CC3)c2CCC#N)c1. The molecule has 36 heavy (non-hydrogen) atoms. The van der Waals surface area contributed by atoms with Gasteiger partial charge in [-0.25, -0.2) is 4.79 Å². The van der Waals surface area contributed by atoms with Crippen molar-refractivity contribution in [2.75, 3.05) is 20.3 Å². The van der Waals surface area contributed by atoms with Crippen LogP contribution in [0.5, 0.6) is 5.75 Å². The minimum atomic E-state index is -0.923. The van der Waals surface area contributed by atoms with Crippen LogP contribution in [0.15, 0.2) is 54.6 Å². The molecule has 7 nitrogen and oxygen atoms in total. The number of methoxy groups -OCH3 is 1. The predicted octanol–water partition coefficient (Wildman–Crippen LogP) is 5.59. The molecule has 0 aliphatic heterocycles. The summed E-state index contributed by atoms with van der Waals surface area (Å²) in [6.07, 6.45) is 5.19. The van der Waals surface area contributed by atoms with Crippen LogP contribution < -0.4 is 4.74 Å². The van der Waals surface area contributed by atoms with E-state index in [0.717, 1.165) is 66.1 Å². The largest absolute Gasteiger partial charge is 0.497 e. The molecule has 0 atom stereocenters. The molecular formula is C29H33N3O4. The molecule has 188 valence electrons. The molecule has 1 aromatic heterocycles. The Kier molecular flexibility index (Phi) is 8.75. The Morgan fingerprint density at radius 3 is 2.50 bits per heavy atom. The third-order valence-corrected chi connectivity index (χ3v) is 6.91. The number of ether oxygens (including phenoxy) is 2. The lowest BCUT2D eigenvalue weighted by Gasteiger charge is -2.28. The topological polar surface area (TPSA) is 97.4 Å². The van der Waals surface area contributed by atoms with Crippen LogP contribution in [-0.2, 0) is 22.5 Å². The summed E-state index contributed by atoms with van der Waals surface area (Å²) in [4.78, 5) is 10.7. The lowest BCUT2D eigenvalue weighted by molar-refractivity contribution is -0.142. The number of benzene rings is 2. The molecule has 0 unspecified atom stereocenters. The lowest BCUT2D eigenvalue weighted by Crippen LogP contribution is -2.23. The molecule has 1 fully saturated rings. The van der Waals surface area contributed by atoms with Crippen molar-refractivity contribution in [3.8, 4) is 34.2 Å². The molecule has 0 bridgehead atoms. The van der Waals surface area contributed by atoms with Crippen LogP contribution in [-0.4, -0.2) is 41.2 Å². The highest BCUT2D eigenvalue weighted by molar-refractivity contribution is 5.83. The molecule has 1 heterocycles. The van der Waals surface area contributed by atoms with Crippen molar-refractivity contribution >= 4 is 5.97 Å². The molecule has 1 N–H and O–H groups in total. The van der Waals surface area contributed by atoms with Crippen molar-refractivity contribution in [2.24, 2.45) is 11.8 Å². The maximum Gasteiger partial charge on any atom is 0.329 e. The van der Waals surface area contributed by atoms with Gasteiger partial charge in [0.2, 0.25) is 0 Å². The Morgan fingerprint density at radius 2 is 1.81 bits per heavy atom. The number of carboxylic acids is 1. The van der Waals surface area contributed by atoms with E-state index in [9.17, 15) is 10.1 Å². The van der Waals surface area contributed by atoms with Gasteiger partial charge in [-0.2, -0.15) is 10.4 Å². The van der Waals surface area contributed by atoms with Gasteiger partial charge in [0.05, 0.1) is 19.8 Å². The van der Waals surface area contributed by atoms with Crippen LogP contribution >= 0.6 is 0 Å². The second-order valence-corrected chi connectivity index (χ2v) is 9.40. The quantitative estimate of drug-likeness (QED) is 0.379. The van der Waals surface area contributed by atoms with Gasteiger partial charge in [0.15, 0.2) is 0 Å². The molecule has 2 aromatic carbocycles. The van der Waals surface area contributed by atoms with Gasteiger partial charge in [0.25, 0.3) is 0 Å².